The molecule has 2 rings (SSSR count). The van der Waals surface area contributed by atoms with E-state index in [0.29, 0.717) is 0 Å². The summed E-state index contributed by atoms with van der Waals surface area (Å²) in [5.74, 6) is -0.706. The Morgan fingerprint density at radius 2 is 1.31 bits per heavy atom. The van der Waals surface area contributed by atoms with E-state index in [1.807, 2.05) is 0 Å². The van der Waals surface area contributed by atoms with Crippen molar-refractivity contribution in [2.24, 2.45) is 0 Å². The zero-order valence-corrected chi connectivity index (χ0v) is 15.5. The molecule has 2 heterocycles. The Morgan fingerprint density at radius 1 is 0.923 bits per heavy atom. The van der Waals surface area contributed by atoms with Gasteiger partial charge in [0.1, 0.15) is 11.5 Å². The summed E-state index contributed by atoms with van der Waals surface area (Å²) >= 11 is 0. The second kappa shape index (κ2) is 7.90. The lowest BCUT2D eigenvalue weighted by Gasteiger charge is -2.22. The third kappa shape index (κ3) is 3.90. The van der Waals surface area contributed by atoms with E-state index in [1.165, 1.54) is 12.4 Å². The summed E-state index contributed by atoms with van der Waals surface area (Å²) in [5, 5.41) is 38.9. The second-order valence-corrected chi connectivity index (χ2v) is 7.72. The Hall–Kier alpha value is -2.35. The smallest absolute Gasteiger partial charge is 0.430 e. The monoisotopic (exact) mass is 384 g/mol. The Labute approximate surface area is 150 Å². The largest absolute Gasteiger partial charge is 0.506 e. The third-order valence-electron chi connectivity index (χ3n) is 3.78. The van der Waals surface area contributed by atoms with Crippen LogP contribution in [-0.4, -0.2) is 36.6 Å². The van der Waals surface area contributed by atoms with Gasteiger partial charge in [-0.2, -0.15) is 0 Å². The Balaban J connectivity index is 2.41. The Kier molecular flexibility index (Phi) is 6.07. The molecule has 2 aromatic heterocycles. The van der Waals surface area contributed by atoms with Crippen molar-refractivity contribution in [1.29, 1.82) is 0 Å². The first-order valence-corrected chi connectivity index (χ1v) is 9.53. The molecule has 0 saturated heterocycles. The summed E-state index contributed by atoms with van der Waals surface area (Å²) in [7, 11) is -3.82. The quantitative estimate of drug-likeness (QED) is 0.528. The van der Waals surface area contributed by atoms with Crippen LogP contribution in [0.3, 0.4) is 0 Å². The lowest BCUT2D eigenvalue weighted by atomic mass is 10.2. The van der Waals surface area contributed by atoms with Crippen LogP contribution in [0, 0.1) is 13.8 Å². The van der Waals surface area contributed by atoms with Gasteiger partial charge < -0.3 is 29.5 Å². The summed E-state index contributed by atoms with van der Waals surface area (Å²) in [6, 6.07) is 0. The molecule has 0 spiro atoms. The van der Waals surface area contributed by atoms with Gasteiger partial charge in [0.05, 0.1) is 54.3 Å². The summed E-state index contributed by atoms with van der Waals surface area (Å²) in [6.45, 7) is 3.54. The Morgan fingerprint density at radius 3 is 1.62 bits per heavy atom. The number of aliphatic hydroxyl groups is 2. The highest BCUT2D eigenvalue weighted by Gasteiger charge is 2.30. The molecule has 0 fully saturated rings. The van der Waals surface area contributed by atoms with Crippen molar-refractivity contribution in [3.05, 3.63) is 34.9 Å². The highest BCUT2D eigenvalue weighted by Crippen LogP contribution is 2.51. The molecule has 0 saturated carbocycles. The topological polar surface area (TPSA) is 142 Å². The molecule has 0 aromatic carbocycles. The first-order chi connectivity index (χ1) is 12.3. The third-order valence-corrected chi connectivity index (χ3v) is 5.51. The number of hydrogen-bond acceptors (Lipinski definition) is 9. The summed E-state index contributed by atoms with van der Waals surface area (Å²) in [4.78, 5) is 7.83. The maximum atomic E-state index is 13.0. The minimum absolute atomic E-state index is 0.0297. The van der Waals surface area contributed by atoms with Gasteiger partial charge in [0.2, 0.25) is 0 Å². The van der Waals surface area contributed by atoms with E-state index in [1.54, 1.807) is 20.8 Å². The molecule has 142 valence electrons. The highest BCUT2D eigenvalue weighted by molar-refractivity contribution is 7.54. The highest BCUT2D eigenvalue weighted by atomic mass is 31.2. The van der Waals surface area contributed by atoms with Crippen molar-refractivity contribution in [2.75, 3.05) is 6.16 Å². The molecule has 2 aromatic rings. The van der Waals surface area contributed by atoms with Crippen LogP contribution in [0.1, 0.15) is 29.4 Å². The summed E-state index contributed by atoms with van der Waals surface area (Å²) in [5.41, 5.74) is 0.622. The summed E-state index contributed by atoms with van der Waals surface area (Å²) in [6.07, 6.45) is 2.39. The van der Waals surface area contributed by atoms with Crippen LogP contribution in [0.4, 0.5) is 0 Å². The molecule has 0 aliphatic carbocycles. The van der Waals surface area contributed by atoms with Gasteiger partial charge in [-0.1, -0.05) is 6.92 Å². The van der Waals surface area contributed by atoms with Crippen molar-refractivity contribution in [1.82, 2.24) is 9.97 Å². The molecular formula is C16H21N2O7P. The number of hydrogen-bond donors (Lipinski definition) is 4. The first kappa shape index (κ1) is 20.0. The average Bonchev–Trinajstić information content (AvgIpc) is 2.62. The predicted molar refractivity (Wildman–Crippen MR) is 92.5 cm³/mol. The number of aliphatic hydroxyl groups excluding tert-OH is 2. The molecule has 10 heteroatoms. The van der Waals surface area contributed by atoms with E-state index in [-0.39, 0.29) is 51.7 Å². The van der Waals surface area contributed by atoms with Gasteiger partial charge in [-0.05, 0) is 13.8 Å². The molecule has 4 N–H and O–H groups in total. The number of aromatic hydroxyl groups is 2. The molecule has 0 amide bonds. The van der Waals surface area contributed by atoms with Crippen LogP contribution in [-0.2, 0) is 17.8 Å². The van der Waals surface area contributed by atoms with Crippen molar-refractivity contribution in [3.8, 4) is 23.0 Å². The predicted octanol–water partition coefficient (Wildman–Crippen LogP) is 2.16. The molecule has 0 radical (unpaired) electrons. The van der Waals surface area contributed by atoms with Gasteiger partial charge in [0.15, 0.2) is 11.5 Å². The van der Waals surface area contributed by atoms with E-state index in [4.69, 9.17) is 9.05 Å². The van der Waals surface area contributed by atoms with Gasteiger partial charge in [0.25, 0.3) is 0 Å². The fourth-order valence-corrected chi connectivity index (χ4v) is 3.38. The van der Waals surface area contributed by atoms with Gasteiger partial charge >= 0.3 is 7.60 Å². The SMILES string of the molecule is CCP(=O)(Oc1cnc(C)c(O)c1CO)Oc1cnc(C)c(O)c1CO. The number of pyridine rings is 2. The van der Waals surface area contributed by atoms with Crippen molar-refractivity contribution < 1.29 is 34.0 Å². The summed E-state index contributed by atoms with van der Waals surface area (Å²) < 4.78 is 23.9. The van der Waals surface area contributed by atoms with Gasteiger partial charge in [-0.25, -0.2) is 4.57 Å². The Bertz CT molecular complexity index is 791. The maximum absolute atomic E-state index is 13.0. The number of aryl methyl sites for hydroxylation is 2. The molecule has 0 aliphatic heterocycles. The van der Waals surface area contributed by atoms with Crippen molar-refractivity contribution >= 4 is 7.60 Å². The molecule has 0 aliphatic rings. The van der Waals surface area contributed by atoms with E-state index >= 15 is 0 Å². The van der Waals surface area contributed by atoms with Gasteiger partial charge in [-0.15, -0.1) is 0 Å². The molecule has 9 nitrogen and oxygen atoms in total. The maximum Gasteiger partial charge on any atom is 0.430 e. The number of nitrogens with zero attached hydrogens (tertiary/aromatic N) is 2. The average molecular weight is 384 g/mol. The lowest BCUT2D eigenvalue weighted by molar-refractivity contribution is 0.266. The molecule has 0 bridgehead atoms. The number of aromatic nitrogens is 2. The van der Waals surface area contributed by atoms with Crippen LogP contribution in [0.5, 0.6) is 23.0 Å². The zero-order valence-electron chi connectivity index (χ0n) is 14.6. The standard InChI is InChI=1S/C16H21N2O7P/c1-4-26(23,24-13-5-17-9(2)15(21)11(13)7-19)25-14-6-18-10(3)16(22)12(14)8-20/h5-6,19-22H,4,7-8H2,1-3H3. The van der Waals surface area contributed by atoms with Crippen LogP contribution < -0.4 is 9.05 Å². The van der Waals surface area contributed by atoms with E-state index in [0.717, 1.165) is 0 Å². The fraction of sp³-hybridized carbons (Fsp3) is 0.375. The lowest BCUT2D eigenvalue weighted by Crippen LogP contribution is -2.08. The van der Waals surface area contributed by atoms with Crippen LogP contribution in [0.2, 0.25) is 0 Å². The van der Waals surface area contributed by atoms with Gasteiger partial charge in [-0.3, -0.25) is 9.97 Å². The van der Waals surface area contributed by atoms with Gasteiger partial charge in [0, 0.05) is 0 Å². The van der Waals surface area contributed by atoms with Crippen LogP contribution in [0.25, 0.3) is 0 Å². The minimum Gasteiger partial charge on any atom is -0.506 e. The molecule has 26 heavy (non-hydrogen) atoms. The van der Waals surface area contributed by atoms with Crippen molar-refractivity contribution in [2.45, 2.75) is 34.0 Å². The van der Waals surface area contributed by atoms with Crippen LogP contribution >= 0.6 is 7.60 Å². The first-order valence-electron chi connectivity index (χ1n) is 7.81. The molecule has 0 atom stereocenters. The van der Waals surface area contributed by atoms with E-state index in [9.17, 15) is 25.0 Å². The molecular weight excluding hydrogens is 363 g/mol. The normalized spacial score (nSPS) is 11.4. The van der Waals surface area contributed by atoms with Crippen LogP contribution in [0.15, 0.2) is 12.4 Å². The van der Waals surface area contributed by atoms with E-state index < -0.39 is 20.8 Å². The minimum atomic E-state index is -3.82. The fourth-order valence-electron chi connectivity index (χ4n) is 2.17. The number of rotatable bonds is 7. The molecule has 0 unspecified atom stereocenters. The zero-order chi connectivity index (χ0) is 19.5. The van der Waals surface area contributed by atoms with E-state index in [2.05, 4.69) is 9.97 Å². The van der Waals surface area contributed by atoms with Crippen molar-refractivity contribution in [3.63, 3.8) is 0 Å². The second-order valence-electron chi connectivity index (χ2n) is 5.50.